The summed E-state index contributed by atoms with van der Waals surface area (Å²) in [5.74, 6) is -4.33. The minimum Gasteiger partial charge on any atom is -0.481 e. The fraction of sp³-hybridized carbons (Fsp3) is 0.0769. The quantitative estimate of drug-likeness (QED) is 0.870. The molecule has 1 aromatic heterocycles. The van der Waals surface area contributed by atoms with E-state index in [1.165, 1.54) is 18.2 Å². The highest BCUT2D eigenvalue weighted by Gasteiger charge is 2.13. The van der Waals surface area contributed by atoms with E-state index in [0.29, 0.717) is 0 Å². The molecule has 0 spiro atoms. The number of aromatic nitrogens is 1. The van der Waals surface area contributed by atoms with Crippen molar-refractivity contribution in [3.63, 3.8) is 0 Å². The second kappa shape index (κ2) is 5.09. The molecule has 6 heteroatoms. The molecule has 0 saturated heterocycles. The van der Waals surface area contributed by atoms with Gasteiger partial charge in [0.05, 0.1) is 12.1 Å². The smallest absolute Gasteiger partial charge is 0.307 e. The molecule has 3 nitrogen and oxygen atoms in total. The third-order valence-corrected chi connectivity index (χ3v) is 2.44. The van der Waals surface area contributed by atoms with Crippen molar-refractivity contribution in [3.8, 4) is 11.3 Å². The Morgan fingerprint density at radius 3 is 2.63 bits per heavy atom. The number of halogens is 3. The van der Waals surface area contributed by atoms with Crippen molar-refractivity contribution >= 4 is 5.97 Å². The van der Waals surface area contributed by atoms with Crippen molar-refractivity contribution < 1.29 is 23.1 Å². The van der Waals surface area contributed by atoms with Gasteiger partial charge in [-0.25, -0.2) is 13.8 Å². The number of carboxylic acids is 1. The largest absolute Gasteiger partial charge is 0.481 e. The summed E-state index contributed by atoms with van der Waals surface area (Å²) in [6.45, 7) is 0. The van der Waals surface area contributed by atoms with E-state index in [1.54, 1.807) is 0 Å². The molecule has 98 valence electrons. The van der Waals surface area contributed by atoms with E-state index >= 15 is 0 Å². The molecule has 0 aliphatic rings. The molecule has 1 aromatic carbocycles. The van der Waals surface area contributed by atoms with E-state index < -0.39 is 30.0 Å². The number of rotatable bonds is 3. The Bertz CT molecular complexity index is 644. The molecule has 0 atom stereocenters. The van der Waals surface area contributed by atoms with Crippen LogP contribution in [0.15, 0.2) is 30.3 Å². The molecule has 0 amide bonds. The number of nitrogens with zero attached hydrogens (tertiary/aromatic N) is 1. The van der Waals surface area contributed by atoms with Gasteiger partial charge in [0, 0.05) is 5.56 Å². The van der Waals surface area contributed by atoms with E-state index in [4.69, 9.17) is 5.11 Å². The first-order valence-corrected chi connectivity index (χ1v) is 5.30. The van der Waals surface area contributed by atoms with E-state index in [9.17, 15) is 18.0 Å². The highest BCUT2D eigenvalue weighted by Crippen LogP contribution is 2.24. The van der Waals surface area contributed by atoms with Crippen LogP contribution in [-0.2, 0) is 11.2 Å². The molecule has 0 saturated carbocycles. The summed E-state index contributed by atoms with van der Waals surface area (Å²) in [5, 5.41) is 8.64. The normalized spacial score (nSPS) is 10.5. The molecule has 0 aliphatic heterocycles. The average Bonchev–Trinajstić information content (AvgIpc) is 2.31. The standard InChI is InChI=1S/C13H8F3NO2/c14-9-3-1-2-8(13(9)16)10-4-7(6-12(18)19)5-11(15)17-10/h1-5H,6H2,(H,18,19). The summed E-state index contributed by atoms with van der Waals surface area (Å²) in [6.07, 6.45) is -0.427. The Hall–Kier alpha value is -2.37. The number of carboxylic acid groups (broad SMARTS) is 1. The fourth-order valence-corrected chi connectivity index (χ4v) is 1.67. The van der Waals surface area contributed by atoms with E-state index in [-0.39, 0.29) is 16.8 Å². The molecule has 0 fully saturated rings. The predicted octanol–water partition coefficient (Wildman–Crippen LogP) is 2.79. The van der Waals surface area contributed by atoms with E-state index in [1.807, 2.05) is 0 Å². The summed E-state index contributed by atoms with van der Waals surface area (Å²) in [6, 6.07) is 5.59. The lowest BCUT2D eigenvalue weighted by atomic mass is 10.1. The lowest BCUT2D eigenvalue weighted by Crippen LogP contribution is -2.02. The molecule has 0 radical (unpaired) electrons. The number of hydrogen-bond donors (Lipinski definition) is 1. The van der Waals surface area contributed by atoms with Gasteiger partial charge in [-0.15, -0.1) is 0 Å². The second-order valence-electron chi connectivity index (χ2n) is 3.86. The molecular formula is C13H8F3NO2. The lowest BCUT2D eigenvalue weighted by molar-refractivity contribution is -0.136. The molecule has 1 N–H and O–H groups in total. The highest BCUT2D eigenvalue weighted by atomic mass is 19.2. The summed E-state index contributed by atoms with van der Waals surface area (Å²) in [4.78, 5) is 14.0. The van der Waals surface area contributed by atoms with Gasteiger partial charge in [0.15, 0.2) is 11.6 Å². The maximum absolute atomic E-state index is 13.6. The summed E-state index contributed by atoms with van der Waals surface area (Å²) >= 11 is 0. The van der Waals surface area contributed by atoms with Gasteiger partial charge in [-0.2, -0.15) is 4.39 Å². The first-order chi connectivity index (χ1) is 8.97. The number of carbonyl (C=O) groups is 1. The zero-order valence-electron chi connectivity index (χ0n) is 9.53. The Balaban J connectivity index is 2.53. The predicted molar refractivity (Wildman–Crippen MR) is 60.9 cm³/mol. The minimum absolute atomic E-state index is 0.124. The third kappa shape index (κ3) is 2.90. The minimum atomic E-state index is -1.16. The average molecular weight is 267 g/mol. The van der Waals surface area contributed by atoms with Gasteiger partial charge in [0.25, 0.3) is 0 Å². The topological polar surface area (TPSA) is 50.2 Å². The van der Waals surface area contributed by atoms with Crippen LogP contribution in [0.25, 0.3) is 11.3 Å². The van der Waals surface area contributed by atoms with Gasteiger partial charge in [0.2, 0.25) is 5.95 Å². The second-order valence-corrected chi connectivity index (χ2v) is 3.86. The van der Waals surface area contributed by atoms with Crippen LogP contribution in [0.2, 0.25) is 0 Å². The molecule has 2 aromatic rings. The zero-order valence-corrected chi connectivity index (χ0v) is 9.53. The first-order valence-electron chi connectivity index (χ1n) is 5.30. The van der Waals surface area contributed by atoms with E-state index in [2.05, 4.69) is 4.98 Å². The lowest BCUT2D eigenvalue weighted by Gasteiger charge is -2.05. The third-order valence-electron chi connectivity index (χ3n) is 2.44. The molecule has 2 rings (SSSR count). The summed E-state index contributed by atoms with van der Waals surface area (Å²) < 4.78 is 39.9. The SMILES string of the molecule is O=C(O)Cc1cc(F)nc(-c2cccc(F)c2F)c1. The van der Waals surface area contributed by atoms with Crippen LogP contribution in [0, 0.1) is 17.6 Å². The number of aliphatic carboxylic acids is 1. The Morgan fingerprint density at radius 1 is 1.21 bits per heavy atom. The zero-order chi connectivity index (χ0) is 14.0. The highest BCUT2D eigenvalue weighted by molar-refractivity contribution is 5.71. The molecule has 0 unspecified atom stereocenters. The van der Waals surface area contributed by atoms with Gasteiger partial charge in [-0.1, -0.05) is 6.07 Å². The van der Waals surface area contributed by atoms with Crippen molar-refractivity contribution in [1.82, 2.24) is 4.98 Å². The van der Waals surface area contributed by atoms with Crippen LogP contribution in [0.4, 0.5) is 13.2 Å². The van der Waals surface area contributed by atoms with Gasteiger partial charge >= 0.3 is 5.97 Å². The van der Waals surface area contributed by atoms with Crippen molar-refractivity contribution in [2.75, 3.05) is 0 Å². The van der Waals surface area contributed by atoms with Crippen molar-refractivity contribution in [2.45, 2.75) is 6.42 Å². The van der Waals surface area contributed by atoms with Crippen LogP contribution in [0.5, 0.6) is 0 Å². The van der Waals surface area contributed by atoms with Crippen LogP contribution >= 0.6 is 0 Å². The van der Waals surface area contributed by atoms with Crippen LogP contribution in [0.1, 0.15) is 5.56 Å². The van der Waals surface area contributed by atoms with Gasteiger partial charge in [-0.3, -0.25) is 4.79 Å². The van der Waals surface area contributed by atoms with Gasteiger partial charge < -0.3 is 5.11 Å². The number of benzene rings is 1. The van der Waals surface area contributed by atoms with Crippen LogP contribution in [-0.4, -0.2) is 16.1 Å². The molecule has 19 heavy (non-hydrogen) atoms. The first kappa shape index (κ1) is 13.1. The molecular weight excluding hydrogens is 259 g/mol. The molecule has 0 aliphatic carbocycles. The van der Waals surface area contributed by atoms with Crippen molar-refractivity contribution in [1.29, 1.82) is 0 Å². The summed E-state index contributed by atoms with van der Waals surface area (Å²) in [7, 11) is 0. The number of hydrogen-bond acceptors (Lipinski definition) is 2. The summed E-state index contributed by atoms with van der Waals surface area (Å²) in [5.41, 5.74) is -0.238. The fourth-order valence-electron chi connectivity index (χ4n) is 1.67. The Labute approximate surface area is 106 Å². The van der Waals surface area contributed by atoms with Crippen LogP contribution in [0.3, 0.4) is 0 Å². The Kier molecular flexibility index (Phi) is 3.50. The number of pyridine rings is 1. The maximum atomic E-state index is 13.6. The van der Waals surface area contributed by atoms with Gasteiger partial charge in [-0.05, 0) is 29.8 Å². The maximum Gasteiger partial charge on any atom is 0.307 e. The van der Waals surface area contributed by atoms with Crippen molar-refractivity contribution in [2.24, 2.45) is 0 Å². The molecule has 0 bridgehead atoms. The monoisotopic (exact) mass is 267 g/mol. The Morgan fingerprint density at radius 2 is 1.95 bits per heavy atom. The van der Waals surface area contributed by atoms with Gasteiger partial charge in [0.1, 0.15) is 0 Å². The molecule has 1 heterocycles. The van der Waals surface area contributed by atoms with Crippen molar-refractivity contribution in [3.05, 3.63) is 53.5 Å². The van der Waals surface area contributed by atoms with Crippen LogP contribution < -0.4 is 0 Å². The van der Waals surface area contributed by atoms with E-state index in [0.717, 1.165) is 12.1 Å².